The zero-order valence-corrected chi connectivity index (χ0v) is 20.2. The number of ether oxygens (including phenoxy) is 4. The van der Waals surface area contributed by atoms with Crippen LogP contribution < -0.4 is 14.2 Å². The van der Waals surface area contributed by atoms with Gasteiger partial charge in [0.1, 0.15) is 11.9 Å². The molecular formula is C28H29NO6. The van der Waals surface area contributed by atoms with Gasteiger partial charge in [-0.15, -0.1) is 0 Å². The van der Waals surface area contributed by atoms with Gasteiger partial charge in [0, 0.05) is 29.9 Å². The molecule has 2 aromatic carbocycles. The molecule has 35 heavy (non-hydrogen) atoms. The lowest BCUT2D eigenvalue weighted by atomic mass is 9.53. The first kappa shape index (κ1) is 22.2. The van der Waals surface area contributed by atoms with Crippen LogP contribution in [0.4, 0.5) is 0 Å². The quantitative estimate of drug-likeness (QED) is 0.373. The molecule has 2 aliphatic carbocycles. The van der Waals surface area contributed by atoms with E-state index in [1.807, 2.05) is 36.4 Å². The number of hydrogen-bond acceptors (Lipinski definition) is 7. The van der Waals surface area contributed by atoms with E-state index in [0.717, 1.165) is 30.5 Å². The molecule has 0 radical (unpaired) electrons. The van der Waals surface area contributed by atoms with Crippen molar-refractivity contribution in [3.63, 3.8) is 0 Å². The number of likely N-dealkylation sites (tertiary alicyclic amines) is 1. The maximum atomic E-state index is 13.0. The molecular weight excluding hydrogens is 446 g/mol. The van der Waals surface area contributed by atoms with Crippen molar-refractivity contribution in [1.82, 2.24) is 4.90 Å². The topological polar surface area (TPSA) is 74.3 Å². The summed E-state index contributed by atoms with van der Waals surface area (Å²) >= 11 is 0. The van der Waals surface area contributed by atoms with Gasteiger partial charge in [-0.3, -0.25) is 9.59 Å². The Hall–Kier alpha value is -3.32. The lowest BCUT2D eigenvalue weighted by Crippen LogP contribution is -2.65. The highest BCUT2D eigenvalue weighted by molar-refractivity contribution is 5.74. The van der Waals surface area contributed by atoms with Gasteiger partial charge in [0.05, 0.1) is 13.5 Å². The molecule has 7 heteroatoms. The van der Waals surface area contributed by atoms with Crippen LogP contribution in [0.2, 0.25) is 0 Å². The molecule has 2 aliphatic heterocycles. The molecule has 4 aliphatic rings. The van der Waals surface area contributed by atoms with Gasteiger partial charge in [-0.2, -0.15) is 0 Å². The second-order valence-electron chi connectivity index (χ2n) is 9.99. The van der Waals surface area contributed by atoms with Gasteiger partial charge in [0.2, 0.25) is 0 Å². The van der Waals surface area contributed by atoms with Crippen molar-refractivity contribution < 1.29 is 28.5 Å². The molecule has 0 amide bonds. The first-order valence-corrected chi connectivity index (χ1v) is 12.1. The zero-order valence-electron chi connectivity index (χ0n) is 20.2. The number of hydrogen-bond donors (Lipinski definition) is 0. The standard InChI is InChI=1S/C28H29NO6/c1-16(30)33-22-9-7-18-15-21-20-8-10-23(34-24(31)14-17-5-4-6-19(13-17)32-3)27-28(20,11-12-29(21)2)25(18)26(22)35-27/h4-10,13,20-21,23,27H,11-12,14-15H2,1-3H3/t20-,21+,23-,27-,28-/m0/s1. The molecule has 2 heterocycles. The van der Waals surface area contributed by atoms with Crippen LogP contribution in [0.25, 0.3) is 0 Å². The number of rotatable bonds is 5. The predicted octanol–water partition coefficient (Wildman–Crippen LogP) is 3.22. The Morgan fingerprint density at radius 2 is 2.06 bits per heavy atom. The molecule has 1 spiro atoms. The van der Waals surface area contributed by atoms with Crippen LogP contribution in [-0.4, -0.2) is 55.8 Å². The number of esters is 2. The van der Waals surface area contributed by atoms with Gasteiger partial charge in [-0.25, -0.2) is 0 Å². The SMILES string of the molecule is COc1cccc(CC(=O)O[C@H]2C=C[C@H]3[C@H]4Cc5ccc(OC(C)=O)c6c5[C@@]3(CCN4C)[C@H]2O6)c1. The second-order valence-corrected chi connectivity index (χ2v) is 9.99. The highest BCUT2D eigenvalue weighted by Crippen LogP contribution is 2.62. The molecule has 0 N–H and O–H groups in total. The van der Waals surface area contributed by atoms with Gasteiger partial charge in [-0.05, 0) is 61.8 Å². The lowest BCUT2D eigenvalue weighted by Gasteiger charge is -2.56. The maximum Gasteiger partial charge on any atom is 0.310 e. The van der Waals surface area contributed by atoms with Crippen molar-refractivity contribution in [3.05, 3.63) is 65.2 Å². The van der Waals surface area contributed by atoms with E-state index in [1.165, 1.54) is 12.5 Å². The molecule has 6 rings (SSSR count). The first-order chi connectivity index (χ1) is 16.9. The van der Waals surface area contributed by atoms with Gasteiger partial charge < -0.3 is 23.8 Å². The average molecular weight is 476 g/mol. The van der Waals surface area contributed by atoms with Gasteiger partial charge in [-0.1, -0.05) is 24.3 Å². The first-order valence-electron chi connectivity index (χ1n) is 12.1. The second kappa shape index (κ2) is 8.12. The van der Waals surface area contributed by atoms with E-state index in [-0.39, 0.29) is 35.8 Å². The Morgan fingerprint density at radius 1 is 1.20 bits per heavy atom. The van der Waals surface area contributed by atoms with Gasteiger partial charge in [0.15, 0.2) is 17.6 Å². The van der Waals surface area contributed by atoms with E-state index < -0.39 is 6.10 Å². The summed E-state index contributed by atoms with van der Waals surface area (Å²) in [5, 5.41) is 0. The Bertz CT molecular complexity index is 1240. The largest absolute Gasteiger partial charge is 0.497 e. The summed E-state index contributed by atoms with van der Waals surface area (Å²) < 4.78 is 23.5. The van der Waals surface area contributed by atoms with Crippen molar-refractivity contribution in [1.29, 1.82) is 0 Å². The van der Waals surface area contributed by atoms with E-state index in [4.69, 9.17) is 18.9 Å². The van der Waals surface area contributed by atoms with Crippen LogP contribution in [0.15, 0.2) is 48.6 Å². The number of piperidine rings is 1. The minimum absolute atomic E-state index is 0.146. The molecule has 1 saturated heterocycles. The van der Waals surface area contributed by atoms with Crippen molar-refractivity contribution in [2.45, 2.75) is 49.9 Å². The van der Waals surface area contributed by atoms with Crippen molar-refractivity contribution in [2.75, 3.05) is 20.7 Å². The Kier molecular flexibility index (Phi) is 5.14. The van der Waals surface area contributed by atoms with Crippen molar-refractivity contribution in [3.8, 4) is 17.2 Å². The molecule has 7 nitrogen and oxygen atoms in total. The molecule has 0 aromatic heterocycles. The molecule has 0 unspecified atom stereocenters. The van der Waals surface area contributed by atoms with E-state index in [2.05, 4.69) is 24.1 Å². The fraction of sp³-hybridized carbons (Fsp3) is 0.429. The number of benzene rings is 2. The number of methoxy groups -OCH3 is 1. The number of likely N-dealkylation sites (N-methyl/N-ethyl adjacent to an activating group) is 1. The van der Waals surface area contributed by atoms with Gasteiger partial charge in [0.25, 0.3) is 0 Å². The van der Waals surface area contributed by atoms with Crippen LogP contribution in [-0.2, 0) is 32.6 Å². The Morgan fingerprint density at radius 3 is 2.86 bits per heavy atom. The summed E-state index contributed by atoms with van der Waals surface area (Å²) in [5.74, 6) is 1.31. The van der Waals surface area contributed by atoms with E-state index in [0.29, 0.717) is 23.3 Å². The summed E-state index contributed by atoms with van der Waals surface area (Å²) in [6.45, 7) is 2.32. The van der Waals surface area contributed by atoms with Crippen LogP contribution in [0.1, 0.15) is 30.0 Å². The highest BCUT2D eigenvalue weighted by Gasteiger charge is 2.65. The summed E-state index contributed by atoms with van der Waals surface area (Å²) in [6, 6.07) is 11.7. The van der Waals surface area contributed by atoms with E-state index in [9.17, 15) is 9.59 Å². The molecule has 0 saturated carbocycles. The van der Waals surface area contributed by atoms with Gasteiger partial charge >= 0.3 is 11.9 Å². The molecule has 182 valence electrons. The van der Waals surface area contributed by atoms with Crippen molar-refractivity contribution in [2.24, 2.45) is 5.92 Å². The van der Waals surface area contributed by atoms with E-state index in [1.54, 1.807) is 7.11 Å². The molecule has 1 fully saturated rings. The van der Waals surface area contributed by atoms with Crippen LogP contribution in [0.5, 0.6) is 17.2 Å². The fourth-order valence-electron chi connectivity index (χ4n) is 6.69. The van der Waals surface area contributed by atoms with Crippen LogP contribution in [0.3, 0.4) is 0 Å². The summed E-state index contributed by atoms with van der Waals surface area (Å²) in [5.41, 5.74) is 2.88. The number of carbonyl (C=O) groups is 2. The fourth-order valence-corrected chi connectivity index (χ4v) is 6.69. The van der Waals surface area contributed by atoms with Crippen LogP contribution >= 0.6 is 0 Å². The molecule has 5 atom stereocenters. The number of carbonyl (C=O) groups excluding carboxylic acids is 2. The minimum atomic E-state index is -0.531. The lowest BCUT2D eigenvalue weighted by molar-refractivity contribution is -0.154. The monoisotopic (exact) mass is 475 g/mol. The highest BCUT2D eigenvalue weighted by atomic mass is 16.6. The average Bonchev–Trinajstić information content (AvgIpc) is 3.19. The van der Waals surface area contributed by atoms with E-state index >= 15 is 0 Å². The Balaban J connectivity index is 1.35. The summed E-state index contributed by atoms with van der Waals surface area (Å²) in [7, 11) is 3.78. The minimum Gasteiger partial charge on any atom is -0.497 e. The summed E-state index contributed by atoms with van der Waals surface area (Å²) in [6.07, 6.45) is 5.25. The van der Waals surface area contributed by atoms with Crippen LogP contribution in [0, 0.1) is 5.92 Å². The molecule has 2 aromatic rings. The predicted molar refractivity (Wildman–Crippen MR) is 128 cm³/mol. The Labute approximate surface area is 204 Å². The normalized spacial score (nSPS) is 29.7. The summed E-state index contributed by atoms with van der Waals surface area (Å²) in [4.78, 5) is 27.2. The number of nitrogens with zero attached hydrogens (tertiary/aromatic N) is 1. The third-order valence-electron chi connectivity index (χ3n) is 8.12. The third kappa shape index (κ3) is 3.36. The zero-order chi connectivity index (χ0) is 24.3. The van der Waals surface area contributed by atoms with Crippen molar-refractivity contribution >= 4 is 11.9 Å². The third-order valence-corrected chi connectivity index (χ3v) is 8.12. The molecule has 2 bridgehead atoms. The maximum absolute atomic E-state index is 13.0. The smallest absolute Gasteiger partial charge is 0.310 e.